The van der Waals surface area contributed by atoms with E-state index in [4.69, 9.17) is 10.5 Å². The standard InChI is InChI=1S/C11H15N5O/c1-3-4-9-10(12)13-7-14-11(9)17-8-5-15-16(2)6-8/h5-7H,3-4H2,1-2H3,(H2,12,13,14). The highest BCUT2D eigenvalue weighted by Gasteiger charge is 2.11. The van der Waals surface area contributed by atoms with E-state index in [-0.39, 0.29) is 0 Å². The monoisotopic (exact) mass is 233 g/mol. The Kier molecular flexibility index (Phi) is 3.22. The molecule has 0 aliphatic heterocycles. The number of aryl methyl sites for hydroxylation is 1. The number of nitrogens with zero attached hydrogens (tertiary/aromatic N) is 4. The van der Waals surface area contributed by atoms with Crippen molar-refractivity contribution >= 4 is 5.82 Å². The third-order valence-electron chi connectivity index (χ3n) is 2.33. The normalized spacial score (nSPS) is 10.5. The second kappa shape index (κ2) is 4.82. The van der Waals surface area contributed by atoms with Gasteiger partial charge in [-0.2, -0.15) is 5.10 Å². The molecular weight excluding hydrogens is 218 g/mol. The minimum Gasteiger partial charge on any atom is -0.435 e. The third-order valence-corrected chi connectivity index (χ3v) is 2.33. The molecule has 0 aliphatic carbocycles. The van der Waals surface area contributed by atoms with Crippen molar-refractivity contribution in [2.24, 2.45) is 7.05 Å². The van der Waals surface area contributed by atoms with Gasteiger partial charge in [-0.1, -0.05) is 13.3 Å². The van der Waals surface area contributed by atoms with E-state index in [0.29, 0.717) is 17.4 Å². The zero-order chi connectivity index (χ0) is 12.3. The molecule has 2 aromatic heterocycles. The van der Waals surface area contributed by atoms with Gasteiger partial charge in [-0.05, 0) is 6.42 Å². The molecule has 0 unspecified atom stereocenters. The Bertz CT molecular complexity index is 508. The van der Waals surface area contributed by atoms with Crippen LogP contribution in [-0.2, 0) is 13.5 Å². The molecule has 2 N–H and O–H groups in total. The number of nitrogen functional groups attached to an aromatic ring is 1. The van der Waals surface area contributed by atoms with E-state index in [2.05, 4.69) is 22.0 Å². The molecule has 0 fully saturated rings. The fraction of sp³-hybridized carbons (Fsp3) is 0.364. The number of anilines is 1. The van der Waals surface area contributed by atoms with Crippen LogP contribution in [-0.4, -0.2) is 19.7 Å². The molecule has 0 saturated heterocycles. The van der Waals surface area contributed by atoms with Crippen molar-refractivity contribution in [2.75, 3.05) is 5.73 Å². The van der Waals surface area contributed by atoms with Crippen LogP contribution in [0.1, 0.15) is 18.9 Å². The van der Waals surface area contributed by atoms with Crippen LogP contribution in [0.3, 0.4) is 0 Å². The highest BCUT2D eigenvalue weighted by atomic mass is 16.5. The van der Waals surface area contributed by atoms with Crippen molar-refractivity contribution in [1.82, 2.24) is 19.7 Å². The lowest BCUT2D eigenvalue weighted by Gasteiger charge is -2.08. The molecule has 0 atom stereocenters. The van der Waals surface area contributed by atoms with Crippen LogP contribution in [0.2, 0.25) is 0 Å². The summed E-state index contributed by atoms with van der Waals surface area (Å²) in [5.74, 6) is 1.62. The molecule has 0 bridgehead atoms. The van der Waals surface area contributed by atoms with Crippen LogP contribution in [0.15, 0.2) is 18.7 Å². The Morgan fingerprint density at radius 1 is 1.41 bits per heavy atom. The predicted octanol–water partition coefficient (Wildman–Crippen LogP) is 1.54. The lowest BCUT2D eigenvalue weighted by Crippen LogP contribution is -2.02. The van der Waals surface area contributed by atoms with Crippen LogP contribution in [0, 0.1) is 0 Å². The zero-order valence-electron chi connectivity index (χ0n) is 9.92. The highest BCUT2D eigenvalue weighted by Crippen LogP contribution is 2.26. The van der Waals surface area contributed by atoms with E-state index in [1.165, 1.54) is 6.33 Å². The molecule has 17 heavy (non-hydrogen) atoms. The maximum atomic E-state index is 5.81. The Morgan fingerprint density at radius 3 is 2.88 bits per heavy atom. The van der Waals surface area contributed by atoms with E-state index < -0.39 is 0 Å². The first-order valence-corrected chi connectivity index (χ1v) is 5.46. The van der Waals surface area contributed by atoms with Crippen LogP contribution >= 0.6 is 0 Å². The van der Waals surface area contributed by atoms with Gasteiger partial charge in [0, 0.05) is 7.05 Å². The molecule has 2 rings (SSSR count). The van der Waals surface area contributed by atoms with E-state index >= 15 is 0 Å². The van der Waals surface area contributed by atoms with E-state index in [1.807, 2.05) is 7.05 Å². The molecule has 0 aromatic carbocycles. The fourth-order valence-electron chi connectivity index (χ4n) is 1.54. The number of hydrogen-bond acceptors (Lipinski definition) is 5. The predicted molar refractivity (Wildman–Crippen MR) is 63.7 cm³/mol. The van der Waals surface area contributed by atoms with Gasteiger partial charge in [0.25, 0.3) is 0 Å². The van der Waals surface area contributed by atoms with E-state index in [9.17, 15) is 0 Å². The van der Waals surface area contributed by atoms with E-state index in [1.54, 1.807) is 17.1 Å². The molecule has 0 radical (unpaired) electrons. The van der Waals surface area contributed by atoms with Gasteiger partial charge < -0.3 is 10.5 Å². The number of ether oxygens (including phenoxy) is 1. The molecule has 6 heteroatoms. The van der Waals surface area contributed by atoms with Crippen molar-refractivity contribution < 1.29 is 4.74 Å². The second-order valence-electron chi connectivity index (χ2n) is 3.74. The molecule has 0 amide bonds. The summed E-state index contributed by atoms with van der Waals surface area (Å²) in [5.41, 5.74) is 6.66. The van der Waals surface area contributed by atoms with Gasteiger partial charge >= 0.3 is 0 Å². The molecule has 0 aliphatic rings. The van der Waals surface area contributed by atoms with Crippen LogP contribution in [0.25, 0.3) is 0 Å². The molecule has 2 aromatic rings. The van der Waals surface area contributed by atoms with Crippen molar-refractivity contribution in [2.45, 2.75) is 19.8 Å². The largest absolute Gasteiger partial charge is 0.435 e. The lowest BCUT2D eigenvalue weighted by atomic mass is 10.2. The number of hydrogen-bond donors (Lipinski definition) is 1. The van der Waals surface area contributed by atoms with Gasteiger partial charge in [-0.15, -0.1) is 0 Å². The first-order valence-electron chi connectivity index (χ1n) is 5.46. The van der Waals surface area contributed by atoms with Gasteiger partial charge in [0.1, 0.15) is 12.1 Å². The fourth-order valence-corrected chi connectivity index (χ4v) is 1.54. The van der Waals surface area contributed by atoms with Crippen LogP contribution in [0.5, 0.6) is 11.6 Å². The first kappa shape index (κ1) is 11.4. The van der Waals surface area contributed by atoms with Gasteiger partial charge in [-0.3, -0.25) is 4.68 Å². The summed E-state index contributed by atoms with van der Waals surface area (Å²) in [7, 11) is 1.83. The van der Waals surface area contributed by atoms with Gasteiger partial charge in [0.05, 0.1) is 18.0 Å². The minimum absolute atomic E-state index is 0.473. The maximum absolute atomic E-state index is 5.81. The van der Waals surface area contributed by atoms with Gasteiger partial charge in [0.2, 0.25) is 5.88 Å². The Balaban J connectivity index is 2.28. The molecule has 90 valence electrons. The van der Waals surface area contributed by atoms with Crippen LogP contribution in [0.4, 0.5) is 5.82 Å². The molecule has 0 spiro atoms. The molecule has 0 saturated carbocycles. The Labute approximate surface area is 99.4 Å². The summed E-state index contributed by atoms with van der Waals surface area (Å²) >= 11 is 0. The zero-order valence-corrected chi connectivity index (χ0v) is 9.92. The number of aromatic nitrogens is 4. The van der Waals surface area contributed by atoms with E-state index in [0.717, 1.165) is 18.4 Å². The Hall–Kier alpha value is -2.11. The van der Waals surface area contributed by atoms with Crippen molar-refractivity contribution in [1.29, 1.82) is 0 Å². The average Bonchev–Trinajstić information content (AvgIpc) is 2.69. The van der Waals surface area contributed by atoms with Crippen LogP contribution < -0.4 is 10.5 Å². The van der Waals surface area contributed by atoms with Crippen molar-refractivity contribution in [3.63, 3.8) is 0 Å². The summed E-state index contributed by atoms with van der Waals surface area (Å²) < 4.78 is 7.32. The molecular formula is C11H15N5O. The highest BCUT2D eigenvalue weighted by molar-refractivity contribution is 5.45. The number of rotatable bonds is 4. The summed E-state index contributed by atoms with van der Waals surface area (Å²) in [4.78, 5) is 8.08. The number of nitrogens with two attached hydrogens (primary N) is 1. The Morgan fingerprint density at radius 2 is 2.24 bits per heavy atom. The minimum atomic E-state index is 0.473. The van der Waals surface area contributed by atoms with Gasteiger partial charge in [0.15, 0.2) is 5.75 Å². The topological polar surface area (TPSA) is 78.8 Å². The van der Waals surface area contributed by atoms with Gasteiger partial charge in [-0.25, -0.2) is 9.97 Å². The van der Waals surface area contributed by atoms with Crippen molar-refractivity contribution in [3.8, 4) is 11.6 Å². The summed E-state index contributed by atoms with van der Waals surface area (Å²) in [6.07, 6.45) is 6.56. The average molecular weight is 233 g/mol. The second-order valence-corrected chi connectivity index (χ2v) is 3.74. The lowest BCUT2D eigenvalue weighted by molar-refractivity contribution is 0.454. The summed E-state index contributed by atoms with van der Waals surface area (Å²) in [6, 6.07) is 0. The third kappa shape index (κ3) is 2.52. The quantitative estimate of drug-likeness (QED) is 0.866. The SMILES string of the molecule is CCCc1c(N)ncnc1Oc1cnn(C)c1. The van der Waals surface area contributed by atoms with Crippen molar-refractivity contribution in [3.05, 3.63) is 24.3 Å². The summed E-state index contributed by atoms with van der Waals surface area (Å²) in [5, 5.41) is 4.03. The maximum Gasteiger partial charge on any atom is 0.227 e. The molecule has 2 heterocycles. The smallest absolute Gasteiger partial charge is 0.227 e. The summed E-state index contributed by atoms with van der Waals surface area (Å²) in [6.45, 7) is 2.07. The molecule has 6 nitrogen and oxygen atoms in total. The first-order chi connectivity index (χ1) is 8.20.